The molecule has 0 spiro atoms. The maximum atomic E-state index is 12.6. The van der Waals surface area contributed by atoms with Gasteiger partial charge in [0.05, 0.1) is 11.4 Å². The molecule has 0 radical (unpaired) electrons. The Hall–Kier alpha value is -1.62. The number of aromatic nitrogens is 1. The van der Waals surface area contributed by atoms with Crippen molar-refractivity contribution in [3.05, 3.63) is 29.0 Å². The Morgan fingerprint density at radius 3 is 2.61 bits per heavy atom. The number of pyridine rings is 1. The van der Waals surface area contributed by atoms with E-state index in [9.17, 15) is 9.59 Å². The molecule has 2 saturated carbocycles. The first-order valence-electron chi connectivity index (χ1n) is 8.27. The summed E-state index contributed by atoms with van der Waals surface area (Å²) >= 11 is 5.80. The number of carbonyl (C=O) groups is 2. The number of nitrogens with one attached hydrogen (secondary N) is 2. The van der Waals surface area contributed by atoms with Crippen LogP contribution in [0, 0.1) is 5.92 Å². The summed E-state index contributed by atoms with van der Waals surface area (Å²) in [5, 5.41) is 6.54. The van der Waals surface area contributed by atoms with Gasteiger partial charge in [0.1, 0.15) is 5.54 Å². The van der Waals surface area contributed by atoms with Crippen LogP contribution in [0.1, 0.15) is 44.2 Å². The molecule has 0 unspecified atom stereocenters. The number of nitrogens with zero attached hydrogens (tertiary/aromatic N) is 1. The largest absolute Gasteiger partial charge is 0.354 e. The molecular formula is C17H22ClN3O2. The van der Waals surface area contributed by atoms with E-state index < -0.39 is 5.54 Å². The molecule has 2 aliphatic carbocycles. The topological polar surface area (TPSA) is 71.1 Å². The van der Waals surface area contributed by atoms with Crippen molar-refractivity contribution in [1.82, 2.24) is 15.6 Å². The highest BCUT2D eigenvalue weighted by Gasteiger charge is 2.42. The standard InChI is InChI=1S/C17H22ClN3O2/c18-13-5-6-14(19-11-13)9-15(22)21-17(7-1-2-8-17)16(23)20-10-12-3-4-12/h5-6,11-12H,1-4,7-10H2,(H,20,23)(H,21,22). The Bertz CT molecular complexity index is 578. The van der Waals surface area contributed by atoms with Gasteiger partial charge >= 0.3 is 0 Å². The van der Waals surface area contributed by atoms with Crippen LogP contribution in [0.5, 0.6) is 0 Å². The minimum atomic E-state index is -0.738. The van der Waals surface area contributed by atoms with Crippen molar-refractivity contribution < 1.29 is 9.59 Å². The molecule has 0 aliphatic heterocycles. The van der Waals surface area contributed by atoms with Crippen molar-refractivity contribution in [2.24, 2.45) is 5.92 Å². The highest BCUT2D eigenvalue weighted by atomic mass is 35.5. The van der Waals surface area contributed by atoms with E-state index >= 15 is 0 Å². The molecule has 0 atom stereocenters. The summed E-state index contributed by atoms with van der Waals surface area (Å²) in [4.78, 5) is 29.1. The normalized spacial score (nSPS) is 19.3. The molecule has 1 aromatic rings. The number of amides is 2. The second-order valence-electron chi connectivity index (χ2n) is 6.64. The molecule has 2 fully saturated rings. The number of hydrogen-bond acceptors (Lipinski definition) is 3. The van der Waals surface area contributed by atoms with Crippen LogP contribution in [0.4, 0.5) is 0 Å². The lowest BCUT2D eigenvalue weighted by molar-refractivity contribution is -0.133. The molecule has 0 bridgehead atoms. The maximum absolute atomic E-state index is 12.6. The SMILES string of the molecule is O=C(Cc1ccc(Cl)cn1)NC1(C(=O)NCC2CC2)CCCC1. The van der Waals surface area contributed by atoms with E-state index in [4.69, 9.17) is 11.6 Å². The Morgan fingerprint density at radius 1 is 1.26 bits per heavy atom. The summed E-state index contributed by atoms with van der Waals surface area (Å²) in [6.45, 7) is 0.731. The molecule has 0 saturated heterocycles. The minimum absolute atomic E-state index is 0.0284. The third kappa shape index (κ3) is 4.22. The summed E-state index contributed by atoms with van der Waals surface area (Å²) in [5.74, 6) is 0.439. The fraction of sp³-hybridized carbons (Fsp3) is 0.588. The molecule has 1 aromatic heterocycles. The average molecular weight is 336 g/mol. The van der Waals surface area contributed by atoms with Crippen LogP contribution in [0.3, 0.4) is 0 Å². The third-order valence-electron chi connectivity index (χ3n) is 4.65. The molecule has 6 heteroatoms. The molecule has 2 aliphatic rings. The Labute approximate surface area is 141 Å². The van der Waals surface area contributed by atoms with E-state index in [2.05, 4.69) is 15.6 Å². The first kappa shape index (κ1) is 16.2. The third-order valence-corrected chi connectivity index (χ3v) is 4.87. The van der Waals surface area contributed by atoms with Gasteiger partial charge in [-0.05, 0) is 43.7 Å². The first-order chi connectivity index (χ1) is 11.1. The van der Waals surface area contributed by atoms with Gasteiger partial charge in [0.2, 0.25) is 11.8 Å². The number of halogens is 1. The van der Waals surface area contributed by atoms with Crippen molar-refractivity contribution >= 4 is 23.4 Å². The van der Waals surface area contributed by atoms with Gasteiger partial charge < -0.3 is 10.6 Å². The zero-order valence-electron chi connectivity index (χ0n) is 13.1. The first-order valence-corrected chi connectivity index (χ1v) is 8.65. The van der Waals surface area contributed by atoms with Gasteiger partial charge in [-0.15, -0.1) is 0 Å². The molecule has 0 aromatic carbocycles. The second-order valence-corrected chi connectivity index (χ2v) is 7.07. The molecule has 3 rings (SSSR count). The number of rotatable bonds is 6. The van der Waals surface area contributed by atoms with Gasteiger partial charge in [-0.25, -0.2) is 0 Å². The molecular weight excluding hydrogens is 314 g/mol. The lowest BCUT2D eigenvalue weighted by Gasteiger charge is -2.29. The highest BCUT2D eigenvalue weighted by Crippen LogP contribution is 2.31. The van der Waals surface area contributed by atoms with Crippen molar-refractivity contribution in [1.29, 1.82) is 0 Å². The summed E-state index contributed by atoms with van der Waals surface area (Å²) in [5.41, 5.74) is -0.0864. The van der Waals surface area contributed by atoms with Gasteiger partial charge in [-0.2, -0.15) is 0 Å². The average Bonchev–Trinajstić information content (AvgIpc) is 3.25. The van der Waals surface area contributed by atoms with Gasteiger partial charge in [0.25, 0.3) is 0 Å². The van der Waals surface area contributed by atoms with Crippen molar-refractivity contribution in [2.45, 2.75) is 50.5 Å². The Balaban J connectivity index is 1.60. The van der Waals surface area contributed by atoms with E-state index in [1.165, 1.54) is 19.0 Å². The smallest absolute Gasteiger partial charge is 0.245 e. The van der Waals surface area contributed by atoms with E-state index in [1.54, 1.807) is 12.1 Å². The zero-order chi connectivity index (χ0) is 16.3. The predicted octanol–water partition coefficient (Wildman–Crippen LogP) is 2.23. The van der Waals surface area contributed by atoms with Gasteiger partial charge in [0.15, 0.2) is 0 Å². The van der Waals surface area contributed by atoms with Crippen LogP contribution in [-0.2, 0) is 16.0 Å². The second kappa shape index (κ2) is 6.87. The fourth-order valence-corrected chi connectivity index (χ4v) is 3.21. The van der Waals surface area contributed by atoms with E-state index in [-0.39, 0.29) is 18.2 Å². The van der Waals surface area contributed by atoms with Crippen LogP contribution in [0.25, 0.3) is 0 Å². The van der Waals surface area contributed by atoms with E-state index in [1.807, 2.05) is 0 Å². The summed E-state index contributed by atoms with van der Waals surface area (Å²) < 4.78 is 0. The van der Waals surface area contributed by atoms with E-state index in [0.717, 1.165) is 19.4 Å². The molecule has 2 amide bonds. The maximum Gasteiger partial charge on any atom is 0.245 e. The quantitative estimate of drug-likeness (QED) is 0.837. The van der Waals surface area contributed by atoms with Crippen molar-refractivity contribution in [2.75, 3.05) is 6.54 Å². The zero-order valence-corrected chi connectivity index (χ0v) is 13.9. The lowest BCUT2D eigenvalue weighted by atomic mass is 9.95. The van der Waals surface area contributed by atoms with Crippen LogP contribution in [-0.4, -0.2) is 28.9 Å². The number of carbonyl (C=O) groups excluding carboxylic acids is 2. The highest BCUT2D eigenvalue weighted by molar-refractivity contribution is 6.30. The van der Waals surface area contributed by atoms with Gasteiger partial charge in [-0.3, -0.25) is 14.6 Å². The molecule has 124 valence electrons. The summed E-state index contributed by atoms with van der Waals surface area (Å²) in [6.07, 6.45) is 7.44. The molecule has 2 N–H and O–H groups in total. The van der Waals surface area contributed by atoms with Gasteiger partial charge in [-0.1, -0.05) is 24.4 Å². The Kier molecular flexibility index (Phi) is 4.85. The van der Waals surface area contributed by atoms with Gasteiger partial charge in [0, 0.05) is 18.4 Å². The molecule has 5 nitrogen and oxygen atoms in total. The minimum Gasteiger partial charge on any atom is -0.354 e. The van der Waals surface area contributed by atoms with E-state index in [0.29, 0.717) is 29.5 Å². The van der Waals surface area contributed by atoms with Crippen LogP contribution >= 0.6 is 11.6 Å². The van der Waals surface area contributed by atoms with Crippen LogP contribution < -0.4 is 10.6 Å². The lowest BCUT2D eigenvalue weighted by Crippen LogP contribution is -2.57. The molecule has 23 heavy (non-hydrogen) atoms. The number of hydrogen-bond donors (Lipinski definition) is 2. The summed E-state index contributed by atoms with van der Waals surface area (Å²) in [6, 6.07) is 3.45. The van der Waals surface area contributed by atoms with Crippen molar-refractivity contribution in [3.63, 3.8) is 0 Å². The Morgan fingerprint density at radius 2 is 2.00 bits per heavy atom. The monoisotopic (exact) mass is 335 g/mol. The van der Waals surface area contributed by atoms with Crippen LogP contribution in [0.2, 0.25) is 5.02 Å². The summed E-state index contributed by atoms with van der Waals surface area (Å²) in [7, 11) is 0. The molecule has 1 heterocycles. The predicted molar refractivity (Wildman–Crippen MR) is 88.0 cm³/mol. The van der Waals surface area contributed by atoms with Crippen molar-refractivity contribution in [3.8, 4) is 0 Å². The fourth-order valence-electron chi connectivity index (χ4n) is 3.10. The van der Waals surface area contributed by atoms with Crippen LogP contribution in [0.15, 0.2) is 18.3 Å².